The minimum atomic E-state index is -3.51. The number of rotatable bonds is 7. The highest BCUT2D eigenvalue weighted by Crippen LogP contribution is 2.39. The molecule has 1 aliphatic rings. The first-order chi connectivity index (χ1) is 9.45. The smallest absolute Gasteiger partial charge is 0.243 e. The highest BCUT2D eigenvalue weighted by molar-refractivity contribution is 7.89. The predicted octanol–water partition coefficient (Wildman–Crippen LogP) is 1.77. The summed E-state index contributed by atoms with van der Waals surface area (Å²) in [6.45, 7) is 5.39. The summed E-state index contributed by atoms with van der Waals surface area (Å²) in [7, 11) is -3.51. The van der Waals surface area contributed by atoms with Gasteiger partial charge in [0.05, 0.1) is 12.4 Å². The molecule has 0 amide bonds. The Morgan fingerprint density at radius 1 is 1.30 bits per heavy atom. The number of sulfonamides is 1. The second kappa shape index (κ2) is 6.05. The van der Waals surface area contributed by atoms with E-state index in [0.29, 0.717) is 12.5 Å². The predicted molar refractivity (Wildman–Crippen MR) is 78.0 cm³/mol. The summed E-state index contributed by atoms with van der Waals surface area (Å²) in [5.41, 5.74) is 0.108. The monoisotopic (exact) mass is 298 g/mol. The minimum Gasteiger partial charge on any atom is -0.354 e. The zero-order valence-electron chi connectivity index (χ0n) is 12.0. The van der Waals surface area contributed by atoms with Crippen molar-refractivity contribution < 1.29 is 8.42 Å². The molecule has 1 heterocycles. The lowest BCUT2D eigenvalue weighted by Gasteiger charge is -2.38. The molecule has 112 valence electrons. The molecule has 0 spiro atoms. The van der Waals surface area contributed by atoms with Gasteiger partial charge >= 0.3 is 0 Å². The van der Waals surface area contributed by atoms with E-state index in [1.165, 1.54) is 18.8 Å². The molecule has 0 saturated heterocycles. The largest absolute Gasteiger partial charge is 0.354 e. The van der Waals surface area contributed by atoms with E-state index in [9.17, 15) is 8.42 Å². The van der Waals surface area contributed by atoms with E-state index in [0.717, 1.165) is 25.8 Å². The van der Waals surface area contributed by atoms with Crippen LogP contribution in [0.4, 0.5) is 5.95 Å². The zero-order chi connectivity index (χ0) is 14.6. The third kappa shape index (κ3) is 3.67. The van der Waals surface area contributed by atoms with Gasteiger partial charge in [-0.25, -0.2) is 23.1 Å². The van der Waals surface area contributed by atoms with Gasteiger partial charge in [-0.2, -0.15) is 0 Å². The van der Waals surface area contributed by atoms with Crippen molar-refractivity contribution in [3.05, 3.63) is 12.4 Å². The summed E-state index contributed by atoms with van der Waals surface area (Å²) >= 11 is 0. The second-order valence-corrected chi connectivity index (χ2v) is 7.42. The van der Waals surface area contributed by atoms with Crippen molar-refractivity contribution in [1.29, 1.82) is 0 Å². The normalized spacial score (nSPS) is 17.5. The molecule has 1 aromatic rings. The molecule has 20 heavy (non-hydrogen) atoms. The standard InChI is InChI=1S/C13H22N4O2S/c1-3-7-14-12-15-8-11(9-16-12)20(18,19)17-10-13(2)5-4-6-13/h8-9,17H,3-7,10H2,1-2H3,(H,14,15,16). The van der Waals surface area contributed by atoms with Crippen molar-refractivity contribution in [2.45, 2.75) is 44.4 Å². The Bertz CT molecular complexity index is 538. The van der Waals surface area contributed by atoms with E-state index in [-0.39, 0.29) is 10.3 Å². The summed E-state index contributed by atoms with van der Waals surface area (Å²) in [6.07, 6.45) is 6.98. The third-order valence-electron chi connectivity index (χ3n) is 3.72. The van der Waals surface area contributed by atoms with Crippen molar-refractivity contribution in [3.8, 4) is 0 Å². The maximum absolute atomic E-state index is 12.1. The van der Waals surface area contributed by atoms with Gasteiger partial charge in [0.15, 0.2) is 0 Å². The molecule has 0 radical (unpaired) electrons. The van der Waals surface area contributed by atoms with Gasteiger partial charge in [0.25, 0.3) is 0 Å². The fourth-order valence-electron chi connectivity index (χ4n) is 2.09. The molecule has 1 saturated carbocycles. The van der Waals surface area contributed by atoms with Crippen LogP contribution >= 0.6 is 0 Å². The quantitative estimate of drug-likeness (QED) is 0.801. The summed E-state index contributed by atoms with van der Waals surface area (Å²) < 4.78 is 26.9. The number of aromatic nitrogens is 2. The molecule has 0 atom stereocenters. The highest BCUT2D eigenvalue weighted by atomic mass is 32.2. The zero-order valence-corrected chi connectivity index (χ0v) is 12.8. The third-order valence-corrected chi connectivity index (χ3v) is 5.08. The lowest BCUT2D eigenvalue weighted by atomic mass is 9.71. The van der Waals surface area contributed by atoms with Crippen LogP contribution in [-0.4, -0.2) is 31.5 Å². The van der Waals surface area contributed by atoms with Gasteiger partial charge in [-0.05, 0) is 24.7 Å². The van der Waals surface area contributed by atoms with E-state index in [1.54, 1.807) is 0 Å². The highest BCUT2D eigenvalue weighted by Gasteiger charge is 2.33. The molecule has 0 bridgehead atoms. The lowest BCUT2D eigenvalue weighted by Crippen LogP contribution is -2.39. The van der Waals surface area contributed by atoms with Crippen LogP contribution in [0.3, 0.4) is 0 Å². The fourth-order valence-corrected chi connectivity index (χ4v) is 3.18. The lowest BCUT2D eigenvalue weighted by molar-refractivity contribution is 0.166. The average molecular weight is 298 g/mol. The Morgan fingerprint density at radius 3 is 2.45 bits per heavy atom. The number of hydrogen-bond acceptors (Lipinski definition) is 5. The molecular weight excluding hydrogens is 276 g/mol. The molecule has 1 fully saturated rings. The number of hydrogen-bond donors (Lipinski definition) is 2. The summed E-state index contributed by atoms with van der Waals surface area (Å²) in [6, 6.07) is 0. The van der Waals surface area contributed by atoms with Gasteiger partial charge in [-0.3, -0.25) is 0 Å². The van der Waals surface area contributed by atoms with Crippen LogP contribution in [0.15, 0.2) is 17.3 Å². The van der Waals surface area contributed by atoms with E-state index in [2.05, 4.69) is 26.9 Å². The molecule has 1 aromatic heterocycles. The van der Waals surface area contributed by atoms with E-state index < -0.39 is 10.0 Å². The molecule has 2 N–H and O–H groups in total. The molecule has 0 aliphatic heterocycles. The van der Waals surface area contributed by atoms with E-state index in [1.807, 2.05) is 6.92 Å². The number of anilines is 1. The number of nitrogens with one attached hydrogen (secondary N) is 2. The average Bonchev–Trinajstić information content (AvgIpc) is 2.41. The Hall–Kier alpha value is -1.21. The summed E-state index contributed by atoms with van der Waals surface area (Å²) in [5.74, 6) is 0.455. The second-order valence-electron chi connectivity index (χ2n) is 5.66. The molecule has 7 heteroatoms. The van der Waals surface area contributed by atoms with Crippen LogP contribution in [0, 0.1) is 5.41 Å². The minimum absolute atomic E-state index is 0.108. The van der Waals surface area contributed by atoms with Crippen LogP contribution in [0.5, 0.6) is 0 Å². The Balaban J connectivity index is 1.98. The molecule has 0 aromatic carbocycles. The number of nitrogens with zero attached hydrogens (tertiary/aromatic N) is 2. The van der Waals surface area contributed by atoms with Gasteiger partial charge in [0, 0.05) is 13.1 Å². The molecule has 1 aliphatic carbocycles. The van der Waals surface area contributed by atoms with Gasteiger partial charge in [0.1, 0.15) is 4.90 Å². The van der Waals surface area contributed by atoms with Crippen LogP contribution in [0.2, 0.25) is 0 Å². The van der Waals surface area contributed by atoms with Crippen molar-refractivity contribution in [3.63, 3.8) is 0 Å². The molecule has 0 unspecified atom stereocenters. The molecular formula is C13H22N4O2S. The van der Waals surface area contributed by atoms with Crippen molar-refractivity contribution in [2.24, 2.45) is 5.41 Å². The van der Waals surface area contributed by atoms with Crippen LogP contribution in [-0.2, 0) is 10.0 Å². The molecule has 6 nitrogen and oxygen atoms in total. The van der Waals surface area contributed by atoms with E-state index in [4.69, 9.17) is 0 Å². The van der Waals surface area contributed by atoms with Crippen molar-refractivity contribution >= 4 is 16.0 Å². The van der Waals surface area contributed by atoms with Gasteiger partial charge in [-0.1, -0.05) is 20.3 Å². The maximum Gasteiger partial charge on any atom is 0.243 e. The van der Waals surface area contributed by atoms with Crippen molar-refractivity contribution in [1.82, 2.24) is 14.7 Å². The summed E-state index contributed by atoms with van der Waals surface area (Å²) in [5, 5.41) is 3.01. The fraction of sp³-hybridized carbons (Fsp3) is 0.692. The maximum atomic E-state index is 12.1. The topological polar surface area (TPSA) is 84.0 Å². The van der Waals surface area contributed by atoms with Crippen LogP contribution < -0.4 is 10.0 Å². The first kappa shape index (κ1) is 15.2. The van der Waals surface area contributed by atoms with Crippen LogP contribution in [0.25, 0.3) is 0 Å². The SMILES string of the molecule is CCCNc1ncc(S(=O)(=O)NCC2(C)CCC2)cn1. The first-order valence-corrected chi connectivity index (χ1v) is 8.49. The van der Waals surface area contributed by atoms with Crippen molar-refractivity contribution in [2.75, 3.05) is 18.4 Å². The summed E-state index contributed by atoms with van der Waals surface area (Å²) in [4.78, 5) is 8.15. The first-order valence-electron chi connectivity index (χ1n) is 7.01. The van der Waals surface area contributed by atoms with Gasteiger partial charge < -0.3 is 5.32 Å². The van der Waals surface area contributed by atoms with Gasteiger partial charge in [-0.15, -0.1) is 0 Å². The van der Waals surface area contributed by atoms with Crippen LogP contribution in [0.1, 0.15) is 39.5 Å². The van der Waals surface area contributed by atoms with Gasteiger partial charge in [0.2, 0.25) is 16.0 Å². The Kier molecular flexibility index (Phi) is 4.59. The van der Waals surface area contributed by atoms with E-state index >= 15 is 0 Å². The Labute approximate surface area is 120 Å². The molecule has 2 rings (SSSR count). The Morgan fingerprint density at radius 2 is 1.95 bits per heavy atom.